The molecule has 6 heteroatoms. The second-order valence-electron chi connectivity index (χ2n) is 3.06. The minimum atomic E-state index is -3.59. The molecule has 0 aliphatic heterocycles. The summed E-state index contributed by atoms with van der Waals surface area (Å²) in [5.74, 6) is 0. The first kappa shape index (κ1) is 12.8. The molecule has 1 N–H and O–H groups in total. The van der Waals surface area contributed by atoms with Gasteiger partial charge in [-0.25, -0.2) is 8.42 Å². The Morgan fingerprint density at radius 3 is 2.81 bits per heavy atom. The third-order valence-corrected chi connectivity index (χ3v) is 3.80. The Kier molecular flexibility index (Phi) is 4.60. The Morgan fingerprint density at radius 1 is 1.56 bits per heavy atom. The number of rotatable bonds is 6. The summed E-state index contributed by atoms with van der Waals surface area (Å²) in [4.78, 5) is 3.88. The standard InChI is InChI=1S/C10H14N2O3S/c1-2-6-12(7-8-13)16(14,15)10-4-3-5-11-9-10/h2-5,9,13H,1,6-8H2. The van der Waals surface area contributed by atoms with E-state index in [4.69, 9.17) is 5.11 Å². The van der Waals surface area contributed by atoms with E-state index in [9.17, 15) is 8.42 Å². The number of aromatic nitrogens is 1. The Labute approximate surface area is 95.1 Å². The van der Waals surface area contributed by atoms with Gasteiger partial charge in [-0.05, 0) is 12.1 Å². The summed E-state index contributed by atoms with van der Waals surface area (Å²) < 4.78 is 25.2. The summed E-state index contributed by atoms with van der Waals surface area (Å²) in [6.07, 6.45) is 4.26. The van der Waals surface area contributed by atoms with Crippen LogP contribution in [0.5, 0.6) is 0 Å². The Hall–Kier alpha value is -1.24. The molecular weight excluding hydrogens is 228 g/mol. The van der Waals surface area contributed by atoms with Gasteiger partial charge in [0.05, 0.1) is 6.61 Å². The normalized spacial score (nSPS) is 11.6. The van der Waals surface area contributed by atoms with Crippen LogP contribution in [0.15, 0.2) is 42.1 Å². The van der Waals surface area contributed by atoms with Crippen molar-refractivity contribution in [3.63, 3.8) is 0 Å². The van der Waals surface area contributed by atoms with Crippen LogP contribution in [0, 0.1) is 0 Å². The molecule has 1 aromatic heterocycles. The second kappa shape index (κ2) is 5.74. The van der Waals surface area contributed by atoms with Gasteiger partial charge in [0, 0.05) is 25.5 Å². The van der Waals surface area contributed by atoms with E-state index in [2.05, 4.69) is 11.6 Å². The van der Waals surface area contributed by atoms with Crippen molar-refractivity contribution in [2.45, 2.75) is 4.90 Å². The maximum absolute atomic E-state index is 12.0. The minimum absolute atomic E-state index is 0.0449. The lowest BCUT2D eigenvalue weighted by molar-refractivity contribution is 0.260. The number of hydrogen-bond acceptors (Lipinski definition) is 4. The second-order valence-corrected chi connectivity index (χ2v) is 5.00. The highest BCUT2D eigenvalue weighted by molar-refractivity contribution is 7.89. The van der Waals surface area contributed by atoms with Crippen LogP contribution in [0.1, 0.15) is 0 Å². The molecule has 0 bridgehead atoms. The van der Waals surface area contributed by atoms with Gasteiger partial charge in [0.2, 0.25) is 10.0 Å². The highest BCUT2D eigenvalue weighted by Gasteiger charge is 2.22. The van der Waals surface area contributed by atoms with Crippen molar-refractivity contribution in [3.05, 3.63) is 37.2 Å². The molecule has 1 aromatic rings. The van der Waals surface area contributed by atoms with E-state index in [1.54, 1.807) is 6.07 Å². The highest BCUT2D eigenvalue weighted by Crippen LogP contribution is 2.13. The van der Waals surface area contributed by atoms with Gasteiger partial charge in [0.1, 0.15) is 4.90 Å². The van der Waals surface area contributed by atoms with Crippen molar-refractivity contribution >= 4 is 10.0 Å². The zero-order chi connectivity index (χ0) is 12.0. The number of aliphatic hydroxyl groups is 1. The summed E-state index contributed by atoms with van der Waals surface area (Å²) in [6.45, 7) is 3.47. The molecule has 88 valence electrons. The van der Waals surface area contributed by atoms with Crippen molar-refractivity contribution in [1.29, 1.82) is 0 Å². The van der Waals surface area contributed by atoms with Crippen LogP contribution in [0.3, 0.4) is 0 Å². The van der Waals surface area contributed by atoms with E-state index >= 15 is 0 Å². The summed E-state index contributed by atoms with van der Waals surface area (Å²) in [5.41, 5.74) is 0. The van der Waals surface area contributed by atoms with Crippen LogP contribution in [0.2, 0.25) is 0 Å². The number of sulfonamides is 1. The molecule has 5 nitrogen and oxygen atoms in total. The molecule has 0 fully saturated rings. The number of hydrogen-bond donors (Lipinski definition) is 1. The Bertz CT molecular complexity index is 431. The first-order chi connectivity index (χ1) is 7.62. The van der Waals surface area contributed by atoms with Crippen molar-refractivity contribution in [3.8, 4) is 0 Å². The fraction of sp³-hybridized carbons (Fsp3) is 0.300. The molecule has 0 saturated heterocycles. The van der Waals surface area contributed by atoms with E-state index in [0.717, 1.165) is 4.31 Å². The molecule has 0 spiro atoms. The molecule has 0 unspecified atom stereocenters. The third-order valence-electron chi connectivity index (χ3n) is 1.95. The lowest BCUT2D eigenvalue weighted by atomic mass is 10.5. The molecule has 0 saturated carbocycles. The fourth-order valence-corrected chi connectivity index (χ4v) is 2.58. The van der Waals surface area contributed by atoms with Crippen LogP contribution in [0.4, 0.5) is 0 Å². The lowest BCUT2D eigenvalue weighted by Crippen LogP contribution is -2.33. The molecule has 0 amide bonds. The largest absolute Gasteiger partial charge is 0.395 e. The van der Waals surface area contributed by atoms with E-state index in [-0.39, 0.29) is 24.6 Å². The van der Waals surface area contributed by atoms with Crippen molar-refractivity contribution in [1.82, 2.24) is 9.29 Å². The van der Waals surface area contributed by atoms with Gasteiger partial charge in [0.25, 0.3) is 0 Å². The highest BCUT2D eigenvalue weighted by atomic mass is 32.2. The SMILES string of the molecule is C=CCN(CCO)S(=O)(=O)c1cccnc1. The molecule has 1 rings (SSSR count). The molecule has 1 heterocycles. The fourth-order valence-electron chi connectivity index (χ4n) is 1.21. The predicted octanol–water partition coefficient (Wildman–Crippen LogP) is 0.251. The monoisotopic (exact) mass is 242 g/mol. The maximum Gasteiger partial charge on any atom is 0.244 e. The van der Waals surface area contributed by atoms with E-state index in [1.165, 1.54) is 24.5 Å². The van der Waals surface area contributed by atoms with Crippen molar-refractivity contribution in [2.24, 2.45) is 0 Å². The van der Waals surface area contributed by atoms with Crippen LogP contribution in [0.25, 0.3) is 0 Å². The molecule has 0 aliphatic carbocycles. The summed E-state index contributed by atoms with van der Waals surface area (Å²) in [7, 11) is -3.59. The molecule has 0 aliphatic rings. The first-order valence-corrected chi connectivity index (χ1v) is 6.19. The van der Waals surface area contributed by atoms with Gasteiger partial charge < -0.3 is 5.11 Å². The number of pyridine rings is 1. The molecule has 16 heavy (non-hydrogen) atoms. The summed E-state index contributed by atoms with van der Waals surface area (Å²) >= 11 is 0. The van der Waals surface area contributed by atoms with E-state index in [1.807, 2.05) is 0 Å². The third kappa shape index (κ3) is 2.88. The van der Waals surface area contributed by atoms with Crippen molar-refractivity contribution in [2.75, 3.05) is 19.7 Å². The Balaban J connectivity index is 3.03. The zero-order valence-corrected chi connectivity index (χ0v) is 9.60. The van der Waals surface area contributed by atoms with Crippen LogP contribution in [-0.2, 0) is 10.0 Å². The number of nitrogens with zero attached hydrogens (tertiary/aromatic N) is 2. The van der Waals surface area contributed by atoms with Gasteiger partial charge >= 0.3 is 0 Å². The number of aliphatic hydroxyl groups excluding tert-OH is 1. The predicted molar refractivity (Wildman–Crippen MR) is 60.3 cm³/mol. The smallest absolute Gasteiger partial charge is 0.244 e. The summed E-state index contributed by atoms with van der Waals surface area (Å²) in [6, 6.07) is 3.02. The molecule has 0 aromatic carbocycles. The van der Waals surface area contributed by atoms with Crippen LogP contribution in [-0.4, -0.2) is 42.5 Å². The minimum Gasteiger partial charge on any atom is -0.395 e. The first-order valence-electron chi connectivity index (χ1n) is 4.75. The average molecular weight is 242 g/mol. The maximum atomic E-state index is 12.0. The average Bonchev–Trinajstić information content (AvgIpc) is 2.30. The quantitative estimate of drug-likeness (QED) is 0.726. The molecule has 0 atom stereocenters. The van der Waals surface area contributed by atoms with E-state index in [0.29, 0.717) is 0 Å². The lowest BCUT2D eigenvalue weighted by Gasteiger charge is -2.19. The zero-order valence-electron chi connectivity index (χ0n) is 8.78. The van der Waals surface area contributed by atoms with Crippen LogP contribution >= 0.6 is 0 Å². The van der Waals surface area contributed by atoms with Gasteiger partial charge in [-0.3, -0.25) is 4.98 Å². The van der Waals surface area contributed by atoms with Gasteiger partial charge in [-0.15, -0.1) is 6.58 Å². The van der Waals surface area contributed by atoms with Crippen molar-refractivity contribution < 1.29 is 13.5 Å². The van der Waals surface area contributed by atoms with E-state index < -0.39 is 10.0 Å². The Morgan fingerprint density at radius 2 is 2.31 bits per heavy atom. The van der Waals surface area contributed by atoms with Gasteiger partial charge in [0.15, 0.2) is 0 Å². The van der Waals surface area contributed by atoms with Crippen LogP contribution < -0.4 is 0 Å². The molecule has 0 radical (unpaired) electrons. The van der Waals surface area contributed by atoms with Gasteiger partial charge in [-0.1, -0.05) is 6.08 Å². The molecular formula is C10H14N2O3S. The topological polar surface area (TPSA) is 70.5 Å². The van der Waals surface area contributed by atoms with Gasteiger partial charge in [-0.2, -0.15) is 4.31 Å². The summed E-state index contributed by atoms with van der Waals surface area (Å²) in [5, 5.41) is 8.82.